The highest BCUT2D eigenvalue weighted by Crippen LogP contribution is 2.15. The maximum Gasteiger partial charge on any atom is 0.124 e. The molecular formula is C8H9O3S-. The smallest absolute Gasteiger partial charge is 0.124 e. The topological polar surface area (TPSA) is 57.2 Å². The zero-order valence-electron chi connectivity index (χ0n) is 6.87. The summed E-state index contributed by atoms with van der Waals surface area (Å²) in [7, 11) is -4.30. The van der Waals surface area contributed by atoms with E-state index >= 15 is 0 Å². The molecular weight excluding hydrogens is 176 g/mol. The molecule has 0 atom stereocenters. The van der Waals surface area contributed by atoms with E-state index in [0.29, 0.717) is 5.56 Å². The molecule has 0 amide bonds. The van der Waals surface area contributed by atoms with Crippen LogP contribution in [0.1, 0.15) is 11.1 Å². The van der Waals surface area contributed by atoms with Gasteiger partial charge in [0.1, 0.15) is 10.1 Å². The van der Waals surface area contributed by atoms with Crippen LogP contribution >= 0.6 is 0 Å². The van der Waals surface area contributed by atoms with Gasteiger partial charge in [0, 0.05) is 0 Å². The van der Waals surface area contributed by atoms with Crippen LogP contribution in [-0.2, 0) is 10.1 Å². The Kier molecular flexibility index (Phi) is 2.21. The zero-order chi connectivity index (χ0) is 9.35. The molecule has 1 aromatic rings. The van der Waals surface area contributed by atoms with Gasteiger partial charge in [-0.1, -0.05) is 17.7 Å². The van der Waals surface area contributed by atoms with E-state index in [2.05, 4.69) is 0 Å². The molecule has 0 fully saturated rings. The maximum absolute atomic E-state index is 10.6. The third-order valence-electron chi connectivity index (χ3n) is 1.60. The predicted molar refractivity (Wildman–Crippen MR) is 43.9 cm³/mol. The molecule has 0 spiro atoms. The van der Waals surface area contributed by atoms with Gasteiger partial charge in [-0.25, -0.2) is 8.42 Å². The second kappa shape index (κ2) is 2.88. The first-order valence-electron chi connectivity index (χ1n) is 3.44. The SMILES string of the molecule is Cc1ccc(S(=O)(=O)[O-])c(C)c1. The van der Waals surface area contributed by atoms with E-state index in [1.54, 1.807) is 19.1 Å². The van der Waals surface area contributed by atoms with Crippen molar-refractivity contribution < 1.29 is 13.0 Å². The van der Waals surface area contributed by atoms with Crippen LogP contribution < -0.4 is 0 Å². The molecule has 4 heteroatoms. The highest BCUT2D eigenvalue weighted by atomic mass is 32.2. The molecule has 0 unspecified atom stereocenters. The number of hydrogen-bond donors (Lipinski definition) is 0. The summed E-state index contributed by atoms with van der Waals surface area (Å²) in [5, 5.41) is 0. The Morgan fingerprint density at radius 1 is 1.25 bits per heavy atom. The van der Waals surface area contributed by atoms with Crippen LogP contribution in [0, 0.1) is 13.8 Å². The molecule has 0 aliphatic rings. The number of hydrogen-bond acceptors (Lipinski definition) is 3. The fraction of sp³-hybridized carbons (Fsp3) is 0.250. The molecule has 0 aliphatic carbocycles. The van der Waals surface area contributed by atoms with Crippen molar-refractivity contribution in [1.29, 1.82) is 0 Å². The second-order valence-electron chi connectivity index (χ2n) is 2.72. The van der Waals surface area contributed by atoms with E-state index in [-0.39, 0.29) is 4.90 Å². The van der Waals surface area contributed by atoms with Crippen molar-refractivity contribution in [3.8, 4) is 0 Å². The number of rotatable bonds is 1. The lowest BCUT2D eigenvalue weighted by Gasteiger charge is -2.10. The molecule has 66 valence electrons. The molecule has 1 aromatic carbocycles. The summed E-state index contributed by atoms with van der Waals surface area (Å²) >= 11 is 0. The minimum Gasteiger partial charge on any atom is -0.744 e. The zero-order valence-corrected chi connectivity index (χ0v) is 7.68. The standard InChI is InChI=1S/C8H10O3S/c1-6-3-4-8(7(2)5-6)12(9,10)11/h3-5H,1-2H3,(H,9,10,11)/p-1. The Labute approximate surface area is 71.8 Å². The first kappa shape index (κ1) is 9.22. The third kappa shape index (κ3) is 1.84. The molecule has 0 aliphatic heterocycles. The quantitative estimate of drug-likeness (QED) is 0.618. The van der Waals surface area contributed by atoms with Crippen LogP contribution in [-0.4, -0.2) is 13.0 Å². The van der Waals surface area contributed by atoms with Crippen LogP contribution in [0.25, 0.3) is 0 Å². The molecule has 0 radical (unpaired) electrons. The lowest BCUT2D eigenvalue weighted by atomic mass is 10.2. The first-order valence-corrected chi connectivity index (χ1v) is 4.85. The Balaban J connectivity index is 3.39. The van der Waals surface area contributed by atoms with E-state index in [1.807, 2.05) is 6.92 Å². The first-order chi connectivity index (χ1) is 5.41. The maximum atomic E-state index is 10.6. The summed E-state index contributed by atoms with van der Waals surface area (Å²) in [6.07, 6.45) is 0. The third-order valence-corrected chi connectivity index (χ3v) is 2.60. The molecule has 0 heterocycles. The monoisotopic (exact) mass is 185 g/mol. The van der Waals surface area contributed by atoms with Crippen LogP contribution in [0.3, 0.4) is 0 Å². The van der Waals surface area contributed by atoms with Gasteiger partial charge in [-0.2, -0.15) is 0 Å². The fourth-order valence-electron chi connectivity index (χ4n) is 1.08. The Hall–Kier alpha value is -0.870. The average Bonchev–Trinajstić information content (AvgIpc) is 1.83. The van der Waals surface area contributed by atoms with Gasteiger partial charge >= 0.3 is 0 Å². The van der Waals surface area contributed by atoms with Gasteiger partial charge in [-0.05, 0) is 25.5 Å². The van der Waals surface area contributed by atoms with Gasteiger partial charge in [0.25, 0.3) is 0 Å². The molecule has 0 saturated heterocycles. The molecule has 3 nitrogen and oxygen atoms in total. The van der Waals surface area contributed by atoms with Crippen molar-refractivity contribution in [1.82, 2.24) is 0 Å². The summed E-state index contributed by atoms with van der Waals surface area (Å²) in [5.74, 6) is 0. The number of benzene rings is 1. The molecule has 0 N–H and O–H groups in total. The Morgan fingerprint density at radius 3 is 2.25 bits per heavy atom. The predicted octanol–water partition coefficient (Wildman–Crippen LogP) is 1.21. The second-order valence-corrected chi connectivity index (χ2v) is 4.07. The van der Waals surface area contributed by atoms with Gasteiger partial charge in [-0.15, -0.1) is 0 Å². The summed E-state index contributed by atoms with van der Waals surface area (Å²) in [4.78, 5) is -0.131. The largest absolute Gasteiger partial charge is 0.744 e. The van der Waals surface area contributed by atoms with Gasteiger partial charge in [0.15, 0.2) is 0 Å². The molecule has 12 heavy (non-hydrogen) atoms. The van der Waals surface area contributed by atoms with Crippen LogP contribution in [0.2, 0.25) is 0 Å². The minimum absolute atomic E-state index is 0.131. The molecule has 0 bridgehead atoms. The summed E-state index contributed by atoms with van der Waals surface area (Å²) in [5.41, 5.74) is 1.45. The van der Waals surface area contributed by atoms with Crippen molar-refractivity contribution in [2.45, 2.75) is 18.7 Å². The summed E-state index contributed by atoms with van der Waals surface area (Å²) < 4.78 is 31.8. The van der Waals surface area contributed by atoms with Crippen molar-refractivity contribution in [2.24, 2.45) is 0 Å². The van der Waals surface area contributed by atoms with Crippen LogP contribution in [0.15, 0.2) is 23.1 Å². The highest BCUT2D eigenvalue weighted by molar-refractivity contribution is 7.85. The fourth-order valence-corrected chi connectivity index (χ4v) is 1.77. The van der Waals surface area contributed by atoms with Gasteiger partial charge in [0.2, 0.25) is 0 Å². The van der Waals surface area contributed by atoms with E-state index in [0.717, 1.165) is 5.56 Å². The highest BCUT2D eigenvalue weighted by Gasteiger charge is 2.04. The lowest BCUT2D eigenvalue weighted by Crippen LogP contribution is -2.01. The van der Waals surface area contributed by atoms with Crippen molar-refractivity contribution in [2.75, 3.05) is 0 Å². The van der Waals surface area contributed by atoms with Crippen molar-refractivity contribution in [3.05, 3.63) is 29.3 Å². The van der Waals surface area contributed by atoms with E-state index in [1.165, 1.54) is 6.07 Å². The summed E-state index contributed by atoms with van der Waals surface area (Å²) in [6.45, 7) is 3.45. The molecule has 1 rings (SSSR count). The van der Waals surface area contributed by atoms with E-state index in [4.69, 9.17) is 0 Å². The molecule has 0 saturated carbocycles. The van der Waals surface area contributed by atoms with Gasteiger partial charge in [-0.3, -0.25) is 0 Å². The van der Waals surface area contributed by atoms with Crippen LogP contribution in [0.4, 0.5) is 0 Å². The molecule has 0 aromatic heterocycles. The van der Waals surface area contributed by atoms with Crippen LogP contribution in [0.5, 0.6) is 0 Å². The van der Waals surface area contributed by atoms with E-state index in [9.17, 15) is 13.0 Å². The summed E-state index contributed by atoms with van der Waals surface area (Å²) in [6, 6.07) is 4.62. The Bertz CT molecular complexity index is 393. The minimum atomic E-state index is -4.30. The van der Waals surface area contributed by atoms with Crippen molar-refractivity contribution >= 4 is 10.1 Å². The number of aryl methyl sites for hydroxylation is 2. The van der Waals surface area contributed by atoms with Gasteiger partial charge in [0.05, 0.1) is 4.90 Å². The lowest BCUT2D eigenvalue weighted by molar-refractivity contribution is 0.462. The normalized spacial score (nSPS) is 11.6. The van der Waals surface area contributed by atoms with E-state index < -0.39 is 10.1 Å². The van der Waals surface area contributed by atoms with Gasteiger partial charge < -0.3 is 4.55 Å². The Morgan fingerprint density at radius 2 is 1.83 bits per heavy atom. The van der Waals surface area contributed by atoms with Crippen molar-refractivity contribution in [3.63, 3.8) is 0 Å². The average molecular weight is 185 g/mol.